The van der Waals surface area contributed by atoms with Gasteiger partial charge in [0, 0.05) is 11.8 Å². The first-order chi connectivity index (χ1) is 20.0. The SMILES string of the molecule is CC1=C(/C=C/C(C)=C/C=C/C(C)=C/C=C/C=C(C)/C=C/C=C(C)/C=C/[C@]23O[C@H](CC2(C)C)C[C@@]3(C)O)C(C)(C)C[C@H](O)C1. The van der Waals surface area contributed by atoms with E-state index in [9.17, 15) is 10.2 Å². The van der Waals surface area contributed by atoms with E-state index in [1.165, 1.54) is 22.3 Å². The van der Waals surface area contributed by atoms with Crippen LogP contribution in [-0.2, 0) is 4.74 Å². The van der Waals surface area contributed by atoms with Gasteiger partial charge in [0.25, 0.3) is 0 Å². The van der Waals surface area contributed by atoms with Crippen molar-refractivity contribution in [2.24, 2.45) is 10.8 Å². The molecule has 2 fully saturated rings. The fourth-order valence-corrected chi connectivity index (χ4v) is 7.18. The minimum Gasteiger partial charge on any atom is -0.393 e. The number of ether oxygens (including phenoxy) is 1. The van der Waals surface area contributed by atoms with Gasteiger partial charge in [-0.15, -0.1) is 0 Å². The van der Waals surface area contributed by atoms with Crippen molar-refractivity contribution in [1.82, 2.24) is 0 Å². The van der Waals surface area contributed by atoms with Gasteiger partial charge in [0.05, 0.1) is 17.8 Å². The molecule has 2 saturated heterocycles. The Kier molecular flexibility index (Phi) is 11.3. The van der Waals surface area contributed by atoms with Crippen molar-refractivity contribution in [1.29, 1.82) is 0 Å². The molecule has 0 aromatic heterocycles. The van der Waals surface area contributed by atoms with Crippen LogP contribution in [0.15, 0.2) is 119 Å². The molecule has 2 aliphatic heterocycles. The molecule has 3 heteroatoms. The van der Waals surface area contributed by atoms with Gasteiger partial charge in [-0.1, -0.05) is 135 Å². The molecule has 43 heavy (non-hydrogen) atoms. The summed E-state index contributed by atoms with van der Waals surface area (Å²) >= 11 is 0. The van der Waals surface area contributed by atoms with Crippen LogP contribution in [-0.4, -0.2) is 33.6 Å². The second kappa shape index (κ2) is 13.9. The molecule has 0 saturated carbocycles. The van der Waals surface area contributed by atoms with E-state index >= 15 is 0 Å². The third-order valence-electron chi connectivity index (χ3n) is 9.36. The van der Waals surface area contributed by atoms with Crippen molar-refractivity contribution in [2.45, 2.75) is 118 Å². The van der Waals surface area contributed by atoms with Gasteiger partial charge in [-0.2, -0.15) is 0 Å². The molecule has 4 atom stereocenters. The number of aliphatic hydroxyl groups is 2. The van der Waals surface area contributed by atoms with Crippen LogP contribution < -0.4 is 0 Å². The lowest BCUT2D eigenvalue weighted by Gasteiger charge is -2.46. The molecule has 234 valence electrons. The summed E-state index contributed by atoms with van der Waals surface area (Å²) in [5, 5.41) is 21.2. The quantitative estimate of drug-likeness (QED) is 0.251. The molecule has 3 nitrogen and oxygen atoms in total. The van der Waals surface area contributed by atoms with E-state index in [0.29, 0.717) is 6.42 Å². The molecule has 2 bridgehead atoms. The van der Waals surface area contributed by atoms with Crippen molar-refractivity contribution < 1.29 is 14.9 Å². The summed E-state index contributed by atoms with van der Waals surface area (Å²) in [6, 6.07) is 0. The predicted molar refractivity (Wildman–Crippen MR) is 184 cm³/mol. The van der Waals surface area contributed by atoms with Crippen molar-refractivity contribution >= 4 is 0 Å². The second-order valence-electron chi connectivity index (χ2n) is 14.6. The van der Waals surface area contributed by atoms with Crippen LogP contribution in [0.25, 0.3) is 0 Å². The molecule has 0 spiro atoms. The molecule has 2 heterocycles. The average molecular weight is 585 g/mol. The topological polar surface area (TPSA) is 49.7 Å². The van der Waals surface area contributed by atoms with Crippen LogP contribution in [0.3, 0.4) is 0 Å². The highest BCUT2D eigenvalue weighted by Gasteiger charge is 2.67. The van der Waals surface area contributed by atoms with Gasteiger partial charge in [0.2, 0.25) is 0 Å². The third kappa shape index (κ3) is 8.69. The Morgan fingerprint density at radius 3 is 1.74 bits per heavy atom. The molecule has 2 N–H and O–H groups in total. The van der Waals surface area contributed by atoms with Crippen molar-refractivity contribution in [3.05, 3.63) is 119 Å². The Labute approximate surface area is 262 Å². The smallest absolute Gasteiger partial charge is 0.120 e. The van der Waals surface area contributed by atoms with E-state index in [1.54, 1.807) is 0 Å². The summed E-state index contributed by atoms with van der Waals surface area (Å²) < 4.78 is 6.31. The molecule has 0 aromatic rings. The van der Waals surface area contributed by atoms with Gasteiger partial charge in [0.15, 0.2) is 0 Å². The molecular formula is C40H56O3. The lowest BCUT2D eigenvalue weighted by molar-refractivity contribution is -0.115. The highest BCUT2D eigenvalue weighted by Crippen LogP contribution is 2.60. The van der Waals surface area contributed by atoms with E-state index in [4.69, 9.17) is 4.74 Å². The number of hydrogen-bond acceptors (Lipinski definition) is 3. The number of aliphatic hydroxyl groups excluding tert-OH is 1. The summed E-state index contributed by atoms with van der Waals surface area (Å²) in [5.74, 6) is 0. The first kappa shape index (κ1) is 34.8. The number of fused-ring (bicyclic) bond motifs is 2. The molecule has 1 aliphatic carbocycles. The first-order valence-electron chi connectivity index (χ1n) is 15.9. The lowest BCUT2D eigenvalue weighted by atomic mass is 9.61. The molecule has 3 rings (SSSR count). The molecule has 0 radical (unpaired) electrons. The Bertz CT molecular complexity index is 1310. The van der Waals surface area contributed by atoms with Gasteiger partial charge >= 0.3 is 0 Å². The largest absolute Gasteiger partial charge is 0.393 e. The van der Waals surface area contributed by atoms with Gasteiger partial charge in [-0.05, 0) is 77.9 Å². The third-order valence-corrected chi connectivity index (χ3v) is 9.36. The summed E-state index contributed by atoms with van der Waals surface area (Å²) in [4.78, 5) is 0. The van der Waals surface area contributed by atoms with Crippen LogP contribution in [0.5, 0.6) is 0 Å². The van der Waals surface area contributed by atoms with Gasteiger partial charge < -0.3 is 14.9 Å². The van der Waals surface area contributed by atoms with Crippen molar-refractivity contribution in [3.63, 3.8) is 0 Å². The lowest BCUT2D eigenvalue weighted by Crippen LogP contribution is -2.56. The van der Waals surface area contributed by atoms with E-state index in [1.807, 2.05) is 6.92 Å². The standard InChI is InChI=1S/C40H56O3/c1-29(17-13-19-31(3)21-22-36-33(5)25-34(41)26-37(36,6)7)15-11-12-16-30(2)18-14-20-32(4)23-24-40-38(8,9)27-35(43-40)28-39(40,10)42/h11-24,34-35,41-42H,25-28H2,1-10H3/b12-11+,17-13+,18-14+,22-21+,24-23+,29-15+,30-16+,31-19+,32-20+/t34-,35-,39-,40+/m1/s1. The van der Waals surface area contributed by atoms with E-state index in [0.717, 1.165) is 30.4 Å². The normalized spacial score (nSPS) is 32.3. The van der Waals surface area contributed by atoms with E-state index in [2.05, 4.69) is 147 Å². The minimum atomic E-state index is -0.844. The summed E-state index contributed by atoms with van der Waals surface area (Å²) in [6.45, 7) is 21.3. The Balaban J connectivity index is 1.52. The molecular weight excluding hydrogens is 528 g/mol. The van der Waals surface area contributed by atoms with Crippen LogP contribution in [0.1, 0.15) is 94.9 Å². The van der Waals surface area contributed by atoms with Crippen LogP contribution >= 0.6 is 0 Å². The van der Waals surface area contributed by atoms with E-state index < -0.39 is 11.2 Å². The molecule has 3 aliphatic rings. The summed E-state index contributed by atoms with van der Waals surface area (Å²) in [5.41, 5.74) is 5.72. The van der Waals surface area contributed by atoms with E-state index in [-0.39, 0.29) is 23.0 Å². The highest BCUT2D eigenvalue weighted by atomic mass is 16.5. The zero-order valence-electron chi connectivity index (χ0n) is 28.4. The van der Waals surface area contributed by atoms with Crippen LogP contribution in [0.4, 0.5) is 0 Å². The monoisotopic (exact) mass is 584 g/mol. The van der Waals surface area contributed by atoms with Gasteiger partial charge in [-0.3, -0.25) is 0 Å². The maximum Gasteiger partial charge on any atom is 0.120 e. The Morgan fingerprint density at radius 1 is 0.721 bits per heavy atom. The zero-order valence-corrected chi connectivity index (χ0v) is 28.4. The fourth-order valence-electron chi connectivity index (χ4n) is 7.18. The molecule has 0 amide bonds. The maximum absolute atomic E-state index is 11.1. The zero-order chi connectivity index (χ0) is 32.1. The number of rotatable bonds is 10. The molecule has 0 aromatic carbocycles. The summed E-state index contributed by atoms with van der Waals surface area (Å²) in [7, 11) is 0. The summed E-state index contributed by atoms with van der Waals surface area (Å²) in [6.07, 6.45) is 32.7. The number of hydrogen-bond donors (Lipinski definition) is 2. The number of allylic oxidation sites excluding steroid dienone is 18. The fraction of sp³-hybridized carbons (Fsp3) is 0.500. The Morgan fingerprint density at radius 2 is 1.23 bits per heavy atom. The Hall–Kier alpha value is -2.72. The maximum atomic E-state index is 11.1. The highest BCUT2D eigenvalue weighted by molar-refractivity contribution is 5.38. The predicted octanol–water partition coefficient (Wildman–Crippen LogP) is 9.76. The van der Waals surface area contributed by atoms with Crippen molar-refractivity contribution in [3.8, 4) is 0 Å². The second-order valence-corrected chi connectivity index (χ2v) is 14.6. The minimum absolute atomic E-state index is 0.00123. The average Bonchev–Trinajstić information content (AvgIpc) is 3.28. The van der Waals surface area contributed by atoms with Gasteiger partial charge in [0.1, 0.15) is 5.60 Å². The van der Waals surface area contributed by atoms with Gasteiger partial charge in [-0.25, -0.2) is 0 Å². The molecule has 0 unspecified atom stereocenters. The van der Waals surface area contributed by atoms with Crippen LogP contribution in [0, 0.1) is 10.8 Å². The van der Waals surface area contributed by atoms with Crippen LogP contribution in [0.2, 0.25) is 0 Å². The first-order valence-corrected chi connectivity index (χ1v) is 15.9. The van der Waals surface area contributed by atoms with Crippen molar-refractivity contribution in [2.75, 3.05) is 0 Å².